The molecule has 0 aliphatic carbocycles. The molecule has 0 spiro atoms. The Labute approximate surface area is 179 Å². The van der Waals surface area contributed by atoms with Gasteiger partial charge in [0.2, 0.25) is 11.9 Å². The lowest BCUT2D eigenvalue weighted by atomic mass is 10.2. The van der Waals surface area contributed by atoms with Crippen molar-refractivity contribution in [1.82, 2.24) is 24.7 Å². The molecule has 7 heteroatoms. The van der Waals surface area contributed by atoms with Crippen LogP contribution in [0.4, 0.5) is 5.95 Å². The fourth-order valence-electron chi connectivity index (χ4n) is 4.38. The molecule has 0 radical (unpaired) electrons. The van der Waals surface area contributed by atoms with Crippen molar-refractivity contribution < 1.29 is 4.79 Å². The van der Waals surface area contributed by atoms with Crippen LogP contribution >= 0.6 is 0 Å². The normalized spacial score (nSPS) is 20.0. The van der Waals surface area contributed by atoms with E-state index in [1.807, 2.05) is 11.0 Å². The predicted molar refractivity (Wildman–Crippen MR) is 118 cm³/mol. The van der Waals surface area contributed by atoms with E-state index in [-0.39, 0.29) is 11.9 Å². The van der Waals surface area contributed by atoms with E-state index >= 15 is 0 Å². The quantitative estimate of drug-likeness (QED) is 0.751. The van der Waals surface area contributed by atoms with E-state index in [1.54, 1.807) is 12.4 Å². The SMILES string of the molecule is CC(C(=O)N1CCN(c2ncccn2)CC1)N1CCCN(Cc2ccccc2)CC1. The molecule has 1 aromatic carbocycles. The maximum Gasteiger partial charge on any atom is 0.239 e. The van der Waals surface area contributed by atoms with Gasteiger partial charge in [-0.25, -0.2) is 9.97 Å². The smallest absolute Gasteiger partial charge is 0.239 e. The van der Waals surface area contributed by atoms with Crippen LogP contribution in [-0.4, -0.2) is 89.0 Å². The van der Waals surface area contributed by atoms with Gasteiger partial charge in [-0.2, -0.15) is 0 Å². The average molecular weight is 409 g/mol. The fourth-order valence-corrected chi connectivity index (χ4v) is 4.38. The summed E-state index contributed by atoms with van der Waals surface area (Å²) in [6.07, 6.45) is 4.63. The Morgan fingerprint density at radius 2 is 1.63 bits per heavy atom. The molecule has 2 fully saturated rings. The minimum Gasteiger partial charge on any atom is -0.338 e. The Morgan fingerprint density at radius 3 is 2.37 bits per heavy atom. The zero-order valence-electron chi connectivity index (χ0n) is 17.9. The molecule has 4 rings (SSSR count). The Balaban J connectivity index is 1.27. The van der Waals surface area contributed by atoms with Crippen LogP contribution in [0.1, 0.15) is 18.9 Å². The van der Waals surface area contributed by atoms with Crippen molar-refractivity contribution in [2.24, 2.45) is 0 Å². The monoisotopic (exact) mass is 408 g/mol. The Hall–Kier alpha value is -2.51. The molecule has 2 aliphatic rings. The van der Waals surface area contributed by atoms with Crippen LogP contribution in [0.3, 0.4) is 0 Å². The first-order valence-electron chi connectivity index (χ1n) is 11.0. The third-order valence-electron chi connectivity index (χ3n) is 6.20. The Morgan fingerprint density at radius 1 is 0.900 bits per heavy atom. The van der Waals surface area contributed by atoms with Crippen molar-refractivity contribution in [2.75, 3.05) is 57.3 Å². The second-order valence-electron chi connectivity index (χ2n) is 8.19. The molecule has 7 nitrogen and oxygen atoms in total. The molecule has 0 N–H and O–H groups in total. The molecule has 30 heavy (non-hydrogen) atoms. The van der Waals surface area contributed by atoms with Crippen molar-refractivity contribution in [2.45, 2.75) is 25.9 Å². The lowest BCUT2D eigenvalue weighted by molar-refractivity contribution is -0.136. The van der Waals surface area contributed by atoms with Crippen molar-refractivity contribution in [3.8, 4) is 0 Å². The van der Waals surface area contributed by atoms with Gasteiger partial charge < -0.3 is 9.80 Å². The molecular formula is C23H32N6O. The van der Waals surface area contributed by atoms with E-state index in [0.29, 0.717) is 0 Å². The summed E-state index contributed by atoms with van der Waals surface area (Å²) in [7, 11) is 0. The molecule has 1 unspecified atom stereocenters. The summed E-state index contributed by atoms with van der Waals surface area (Å²) < 4.78 is 0. The maximum absolute atomic E-state index is 13.1. The largest absolute Gasteiger partial charge is 0.338 e. The van der Waals surface area contributed by atoms with Gasteiger partial charge in [-0.15, -0.1) is 0 Å². The van der Waals surface area contributed by atoms with E-state index in [9.17, 15) is 4.79 Å². The van der Waals surface area contributed by atoms with Gasteiger partial charge in [0.15, 0.2) is 0 Å². The molecule has 2 saturated heterocycles. The van der Waals surface area contributed by atoms with Crippen LogP contribution in [0, 0.1) is 0 Å². The van der Waals surface area contributed by atoms with Crippen molar-refractivity contribution in [3.05, 3.63) is 54.4 Å². The number of rotatable bonds is 5. The maximum atomic E-state index is 13.1. The summed E-state index contributed by atoms with van der Waals surface area (Å²) in [5.41, 5.74) is 1.36. The lowest BCUT2D eigenvalue weighted by Crippen LogP contribution is -2.55. The zero-order chi connectivity index (χ0) is 20.8. The second kappa shape index (κ2) is 10.00. The Bertz CT molecular complexity index is 794. The number of nitrogens with zero attached hydrogens (tertiary/aromatic N) is 6. The van der Waals surface area contributed by atoms with Gasteiger partial charge in [0.05, 0.1) is 6.04 Å². The van der Waals surface area contributed by atoms with E-state index in [4.69, 9.17) is 0 Å². The number of carbonyl (C=O) groups excluding carboxylic acids is 1. The highest BCUT2D eigenvalue weighted by Gasteiger charge is 2.30. The topological polar surface area (TPSA) is 55.8 Å². The lowest BCUT2D eigenvalue weighted by Gasteiger charge is -2.38. The van der Waals surface area contributed by atoms with E-state index in [2.05, 4.69) is 61.9 Å². The predicted octanol–water partition coefficient (Wildman–Crippen LogP) is 1.72. The molecule has 0 bridgehead atoms. The number of benzene rings is 1. The van der Waals surface area contributed by atoms with Gasteiger partial charge in [-0.3, -0.25) is 14.6 Å². The number of piperazine rings is 1. The summed E-state index contributed by atoms with van der Waals surface area (Å²) in [5.74, 6) is 1.00. The van der Waals surface area contributed by atoms with Crippen LogP contribution in [0.2, 0.25) is 0 Å². The fraction of sp³-hybridized carbons (Fsp3) is 0.522. The average Bonchev–Trinajstić information content (AvgIpc) is 3.05. The number of anilines is 1. The number of hydrogen-bond donors (Lipinski definition) is 0. The first-order chi connectivity index (χ1) is 14.7. The summed E-state index contributed by atoms with van der Waals surface area (Å²) >= 11 is 0. The van der Waals surface area contributed by atoms with Gasteiger partial charge in [0.25, 0.3) is 0 Å². The number of carbonyl (C=O) groups is 1. The first kappa shape index (κ1) is 20.8. The van der Waals surface area contributed by atoms with Crippen LogP contribution < -0.4 is 4.90 Å². The van der Waals surface area contributed by atoms with Crippen LogP contribution in [0.15, 0.2) is 48.8 Å². The number of hydrogen-bond acceptors (Lipinski definition) is 6. The van der Waals surface area contributed by atoms with Crippen LogP contribution in [-0.2, 0) is 11.3 Å². The molecule has 2 aliphatic heterocycles. The minimum absolute atomic E-state index is 0.0683. The van der Waals surface area contributed by atoms with Gasteiger partial charge in [-0.1, -0.05) is 30.3 Å². The van der Waals surface area contributed by atoms with Crippen LogP contribution in [0.25, 0.3) is 0 Å². The molecule has 1 aromatic heterocycles. The summed E-state index contributed by atoms with van der Waals surface area (Å²) in [6, 6.07) is 12.4. The highest BCUT2D eigenvalue weighted by atomic mass is 16.2. The van der Waals surface area contributed by atoms with E-state index in [1.165, 1.54) is 5.56 Å². The minimum atomic E-state index is -0.0683. The molecule has 1 atom stereocenters. The molecule has 3 heterocycles. The van der Waals surface area contributed by atoms with Crippen LogP contribution in [0.5, 0.6) is 0 Å². The van der Waals surface area contributed by atoms with Gasteiger partial charge >= 0.3 is 0 Å². The van der Waals surface area contributed by atoms with E-state index in [0.717, 1.165) is 71.3 Å². The standard InChI is InChI=1S/C23H32N6O/c1-20(22(30)28-15-17-29(18-16-28)23-24-9-5-10-25-23)27-12-6-11-26(13-14-27)19-21-7-3-2-4-8-21/h2-5,7-10,20H,6,11-19H2,1H3. The highest BCUT2D eigenvalue weighted by Crippen LogP contribution is 2.15. The first-order valence-corrected chi connectivity index (χ1v) is 11.0. The molecule has 1 amide bonds. The molecule has 0 saturated carbocycles. The van der Waals surface area contributed by atoms with Crippen molar-refractivity contribution in [1.29, 1.82) is 0 Å². The van der Waals surface area contributed by atoms with Gasteiger partial charge in [0, 0.05) is 64.8 Å². The highest BCUT2D eigenvalue weighted by molar-refractivity contribution is 5.81. The third kappa shape index (κ3) is 5.15. The number of amides is 1. The van der Waals surface area contributed by atoms with E-state index < -0.39 is 0 Å². The third-order valence-corrected chi connectivity index (χ3v) is 6.20. The summed E-state index contributed by atoms with van der Waals surface area (Å²) in [6.45, 7) is 10.1. The molecule has 160 valence electrons. The zero-order valence-corrected chi connectivity index (χ0v) is 17.9. The second-order valence-corrected chi connectivity index (χ2v) is 8.19. The summed E-state index contributed by atoms with van der Waals surface area (Å²) in [4.78, 5) is 30.8. The van der Waals surface area contributed by atoms with Gasteiger partial charge in [-0.05, 0) is 31.5 Å². The van der Waals surface area contributed by atoms with Gasteiger partial charge in [0.1, 0.15) is 0 Å². The number of aromatic nitrogens is 2. The van der Waals surface area contributed by atoms with Crippen molar-refractivity contribution >= 4 is 11.9 Å². The molecular weight excluding hydrogens is 376 g/mol. The summed E-state index contributed by atoms with van der Waals surface area (Å²) in [5, 5.41) is 0. The Kier molecular flexibility index (Phi) is 6.92. The molecule has 2 aromatic rings. The van der Waals surface area contributed by atoms with Crippen molar-refractivity contribution in [3.63, 3.8) is 0 Å².